The lowest BCUT2D eigenvalue weighted by Gasteiger charge is -2.20. The molecule has 0 saturated heterocycles. The topological polar surface area (TPSA) is 209 Å². The summed E-state index contributed by atoms with van der Waals surface area (Å²) in [6.45, 7) is 2.96. The number of aliphatic carboxylic acids is 1. The molecule has 0 spiro atoms. The zero-order valence-electron chi connectivity index (χ0n) is 17.1. The maximum absolute atomic E-state index is 12.1. The number of fused-ring (bicyclic) bond motifs is 2. The zero-order valence-corrected chi connectivity index (χ0v) is 18.8. The van der Waals surface area contributed by atoms with Gasteiger partial charge < -0.3 is 15.3 Å². The first kappa shape index (κ1) is 24.1. The van der Waals surface area contributed by atoms with Crippen LogP contribution < -0.4 is 11.1 Å². The van der Waals surface area contributed by atoms with Gasteiger partial charge in [0.15, 0.2) is 21.1 Å². The summed E-state index contributed by atoms with van der Waals surface area (Å²) in [7, 11) is -10.1. The summed E-state index contributed by atoms with van der Waals surface area (Å²) in [6.07, 6.45) is 2.69. The summed E-state index contributed by atoms with van der Waals surface area (Å²) >= 11 is 0. The number of carboxylic acids is 1. The molecule has 0 aromatic heterocycles. The predicted octanol–water partition coefficient (Wildman–Crippen LogP) is 2.53. The highest BCUT2D eigenvalue weighted by atomic mass is 32.2. The molecule has 2 aliphatic rings. The lowest BCUT2D eigenvalue weighted by atomic mass is 9.89. The minimum Gasteiger partial charge on any atom is -0.478 e. The van der Waals surface area contributed by atoms with Gasteiger partial charge in [0, 0.05) is 16.5 Å². The van der Waals surface area contributed by atoms with Crippen molar-refractivity contribution in [2.45, 2.75) is 23.6 Å². The highest BCUT2D eigenvalue weighted by Gasteiger charge is 2.32. The van der Waals surface area contributed by atoms with Gasteiger partial charge in [0.05, 0.1) is 16.6 Å². The van der Waals surface area contributed by atoms with E-state index in [4.69, 9.17) is 15.6 Å². The molecule has 0 fully saturated rings. The van der Waals surface area contributed by atoms with E-state index in [-0.39, 0.29) is 27.7 Å². The van der Waals surface area contributed by atoms with Crippen molar-refractivity contribution < 1.29 is 40.3 Å². The molecule has 0 radical (unpaired) electrons. The molecule has 11 nitrogen and oxygen atoms in total. The van der Waals surface area contributed by atoms with Gasteiger partial charge in [-0.1, -0.05) is 12.2 Å². The fourth-order valence-electron chi connectivity index (χ4n) is 3.63. The van der Waals surface area contributed by atoms with E-state index in [1.165, 1.54) is 38.1 Å². The van der Waals surface area contributed by atoms with E-state index < -0.39 is 58.4 Å². The molecule has 0 saturated carbocycles. The first-order chi connectivity index (χ1) is 15.2. The fraction of sp³-hybridized carbons (Fsp3) is 0.100. The van der Waals surface area contributed by atoms with Crippen LogP contribution in [0.5, 0.6) is 0 Å². The Morgan fingerprint density at radius 2 is 1.61 bits per heavy atom. The number of nitrogens with one attached hydrogen (secondary N) is 1. The number of rotatable bonds is 5. The van der Waals surface area contributed by atoms with E-state index in [1.807, 2.05) is 0 Å². The number of carbonyl (C=O) groups is 1. The van der Waals surface area contributed by atoms with Crippen molar-refractivity contribution in [3.8, 4) is 11.3 Å². The largest absolute Gasteiger partial charge is 0.478 e. The van der Waals surface area contributed by atoms with E-state index in [0.717, 1.165) is 12.1 Å². The Morgan fingerprint density at radius 1 is 1.00 bits per heavy atom. The third kappa shape index (κ3) is 4.02. The molecule has 174 valence electrons. The van der Waals surface area contributed by atoms with Crippen LogP contribution in [0.4, 0.5) is 5.69 Å². The maximum Gasteiger partial charge on any atom is 0.335 e. The second kappa shape index (κ2) is 8.12. The van der Waals surface area contributed by atoms with Crippen molar-refractivity contribution in [2.24, 2.45) is 0 Å². The van der Waals surface area contributed by atoms with Gasteiger partial charge in [0.25, 0.3) is 20.2 Å². The monoisotopic (exact) mass is 494 g/mol. The van der Waals surface area contributed by atoms with Gasteiger partial charge in [-0.15, -0.1) is 0 Å². The molecule has 1 heterocycles. The maximum atomic E-state index is 12.1. The SMILES string of the molecule is C/C=C(\C(=C/C)C(=O)O)c1c2ccc(=N)c(S(=O)(=O)O)c-2oc2c(S(=O)(=O)O)c(N)ccc12. The number of nitrogen functional groups attached to an aromatic ring is 1. The minimum atomic E-state index is -5.05. The molecule has 0 unspecified atom stereocenters. The first-order valence-corrected chi connectivity index (χ1v) is 12.0. The molecule has 1 aliphatic carbocycles. The molecule has 6 N–H and O–H groups in total. The summed E-state index contributed by atoms with van der Waals surface area (Å²) in [5.41, 5.74) is 4.56. The van der Waals surface area contributed by atoms with Gasteiger partial charge in [-0.2, -0.15) is 16.8 Å². The number of benzene rings is 2. The number of allylic oxidation sites excluding steroid dienone is 2. The Labute approximate surface area is 187 Å². The van der Waals surface area contributed by atoms with Crippen molar-refractivity contribution >= 4 is 48.4 Å². The van der Waals surface area contributed by atoms with E-state index in [1.54, 1.807) is 0 Å². The van der Waals surface area contributed by atoms with Gasteiger partial charge in [-0.25, -0.2) is 4.79 Å². The Kier molecular flexibility index (Phi) is 5.93. The Morgan fingerprint density at radius 3 is 2.09 bits per heavy atom. The molecule has 0 atom stereocenters. The lowest BCUT2D eigenvalue weighted by molar-refractivity contribution is -0.132. The molecule has 13 heteroatoms. The van der Waals surface area contributed by atoms with Crippen LogP contribution in [0, 0.1) is 5.41 Å². The molecule has 3 rings (SSSR count). The predicted molar refractivity (Wildman–Crippen MR) is 118 cm³/mol. The normalized spacial score (nSPS) is 13.6. The summed E-state index contributed by atoms with van der Waals surface area (Å²) in [5.74, 6) is -1.95. The Hall–Kier alpha value is -3.52. The highest BCUT2D eigenvalue weighted by Crippen LogP contribution is 2.44. The van der Waals surface area contributed by atoms with Crippen LogP contribution in [0.2, 0.25) is 0 Å². The Bertz CT molecular complexity index is 1630. The number of anilines is 1. The van der Waals surface area contributed by atoms with E-state index in [2.05, 4.69) is 0 Å². The van der Waals surface area contributed by atoms with Gasteiger partial charge in [0.2, 0.25) is 0 Å². The van der Waals surface area contributed by atoms with Gasteiger partial charge in [-0.05, 0) is 43.7 Å². The first-order valence-electron chi connectivity index (χ1n) is 9.12. The molecular formula is C20H18N2O9S2. The molecule has 1 aliphatic heterocycles. The fourth-order valence-corrected chi connectivity index (χ4v) is 5.11. The number of hydrogen-bond donors (Lipinski definition) is 5. The molecule has 1 aromatic carbocycles. The standard InChI is InChI=1S/C20H18N2O9S2/c1-3-9(10(4-2)20(23)24)15-11-5-7-13(21)18(32(25,26)27)16(11)31-17-12(15)6-8-14(22)19(17)33(28,29)30/h3-8,21H,22H2,1-2H3,(H,23,24)(H,25,26,27)(H,28,29,30)/b9-3+,10-4+,21-13?. The average Bonchev–Trinajstić information content (AvgIpc) is 2.67. The molecule has 1 aromatic rings. The summed E-state index contributed by atoms with van der Waals surface area (Å²) in [4.78, 5) is 10.0. The third-order valence-electron chi connectivity index (χ3n) is 4.88. The molecule has 0 amide bonds. The summed E-state index contributed by atoms with van der Waals surface area (Å²) in [5, 5.41) is 16.9. The minimum absolute atomic E-state index is 0.0166. The third-order valence-corrected chi connectivity index (χ3v) is 6.74. The smallest absolute Gasteiger partial charge is 0.335 e. The van der Waals surface area contributed by atoms with Crippen molar-refractivity contribution in [1.29, 1.82) is 5.41 Å². The van der Waals surface area contributed by atoms with Gasteiger partial charge in [0.1, 0.15) is 0 Å². The van der Waals surface area contributed by atoms with E-state index in [0.29, 0.717) is 0 Å². The van der Waals surface area contributed by atoms with Crippen LogP contribution in [-0.4, -0.2) is 37.0 Å². The van der Waals surface area contributed by atoms with Crippen molar-refractivity contribution in [2.75, 3.05) is 5.73 Å². The summed E-state index contributed by atoms with van der Waals surface area (Å²) in [6, 6.07) is 4.80. The molecule has 33 heavy (non-hydrogen) atoms. The second-order valence-corrected chi connectivity index (χ2v) is 9.53. The lowest BCUT2D eigenvalue weighted by Crippen LogP contribution is -2.17. The van der Waals surface area contributed by atoms with E-state index >= 15 is 0 Å². The molecule has 0 bridgehead atoms. The van der Waals surface area contributed by atoms with Crippen molar-refractivity contribution in [1.82, 2.24) is 0 Å². The van der Waals surface area contributed by atoms with Crippen LogP contribution in [0.1, 0.15) is 19.4 Å². The van der Waals surface area contributed by atoms with Crippen LogP contribution >= 0.6 is 0 Å². The second-order valence-electron chi connectivity index (χ2n) is 6.82. The molecular weight excluding hydrogens is 476 g/mol. The highest BCUT2D eigenvalue weighted by molar-refractivity contribution is 7.86. The van der Waals surface area contributed by atoms with Crippen LogP contribution in [-0.2, 0) is 25.0 Å². The van der Waals surface area contributed by atoms with E-state index in [9.17, 15) is 35.8 Å². The van der Waals surface area contributed by atoms with Crippen molar-refractivity contribution in [3.63, 3.8) is 0 Å². The van der Waals surface area contributed by atoms with Crippen LogP contribution in [0.15, 0.2) is 56.2 Å². The number of hydrogen-bond acceptors (Lipinski definition) is 8. The van der Waals surface area contributed by atoms with Gasteiger partial charge in [-0.3, -0.25) is 14.5 Å². The summed E-state index contributed by atoms with van der Waals surface area (Å²) < 4.78 is 73.4. The number of carboxylic acid groups (broad SMARTS) is 1. The Balaban J connectivity index is 2.78. The quantitative estimate of drug-likeness (QED) is 0.115. The van der Waals surface area contributed by atoms with Crippen LogP contribution in [0.3, 0.4) is 0 Å². The van der Waals surface area contributed by atoms with Crippen LogP contribution in [0.25, 0.3) is 27.9 Å². The zero-order chi connectivity index (χ0) is 24.9. The van der Waals surface area contributed by atoms with Crippen molar-refractivity contribution in [3.05, 3.63) is 52.9 Å². The average molecular weight is 495 g/mol. The number of nitrogens with two attached hydrogens (primary N) is 1. The van der Waals surface area contributed by atoms with Gasteiger partial charge >= 0.3 is 5.97 Å².